The summed E-state index contributed by atoms with van der Waals surface area (Å²) in [5, 5.41) is 10.5. The average molecular weight is 352 g/mol. The number of hydrogen-bond donors (Lipinski definition) is 1. The molecule has 0 radical (unpaired) electrons. The number of H-pyrrole nitrogens is 1. The second-order valence-electron chi connectivity index (χ2n) is 5.96. The summed E-state index contributed by atoms with van der Waals surface area (Å²) in [5.74, 6) is 0.391. The molecule has 0 bridgehead atoms. The minimum absolute atomic E-state index is 0.140. The number of aromatic amines is 1. The van der Waals surface area contributed by atoms with Gasteiger partial charge in [-0.25, -0.2) is 8.42 Å². The van der Waals surface area contributed by atoms with Gasteiger partial charge in [0.25, 0.3) is 5.91 Å². The molecular weight excluding hydrogens is 332 g/mol. The van der Waals surface area contributed by atoms with Crippen molar-refractivity contribution in [3.63, 3.8) is 0 Å². The molecule has 3 heterocycles. The normalized spacial score (nSPS) is 18.8. The summed E-state index contributed by atoms with van der Waals surface area (Å²) in [6.45, 7) is 2.46. The average Bonchev–Trinajstić information content (AvgIpc) is 3.22. The van der Waals surface area contributed by atoms with Crippen LogP contribution in [0.1, 0.15) is 54.2 Å². The number of piperidine rings is 1. The van der Waals surface area contributed by atoms with E-state index in [4.69, 9.17) is 4.52 Å². The Balaban J connectivity index is 1.94. The predicted molar refractivity (Wildman–Crippen MR) is 85.2 cm³/mol. The smallest absolute Gasteiger partial charge is 0.276 e. The number of hydrogen-bond acceptors (Lipinski definition) is 6. The van der Waals surface area contributed by atoms with Gasteiger partial charge in [0.2, 0.25) is 0 Å². The quantitative estimate of drug-likeness (QED) is 0.897. The van der Waals surface area contributed by atoms with Crippen LogP contribution < -0.4 is 0 Å². The van der Waals surface area contributed by atoms with Crippen LogP contribution in [0.5, 0.6) is 0 Å². The van der Waals surface area contributed by atoms with E-state index in [1.807, 2.05) is 6.92 Å². The topological polar surface area (TPSA) is 109 Å². The van der Waals surface area contributed by atoms with E-state index in [9.17, 15) is 13.2 Å². The second-order valence-corrected chi connectivity index (χ2v) is 7.95. The molecule has 3 rings (SSSR count). The molecular formula is C15H20N4O4S. The molecule has 1 atom stereocenters. The van der Waals surface area contributed by atoms with Gasteiger partial charge in [-0.3, -0.25) is 9.89 Å². The highest BCUT2D eigenvalue weighted by molar-refractivity contribution is 7.90. The molecule has 8 nitrogen and oxygen atoms in total. The fraction of sp³-hybridized carbons (Fsp3) is 0.533. The van der Waals surface area contributed by atoms with Crippen LogP contribution in [0.15, 0.2) is 21.7 Å². The standard InChI is InChI=1S/C15H20N4O4S/c1-3-10-8-11(18-23-10)15(20)19-7-5-4-6-12(19)14-13(9-16-17-14)24(2,21)22/h8-9,12H,3-7H2,1-2H3,(H,16,17)/t12-/m0/s1. The number of nitrogens with one attached hydrogen (secondary N) is 1. The summed E-state index contributed by atoms with van der Waals surface area (Å²) in [6, 6.07) is 1.28. The third-order valence-electron chi connectivity index (χ3n) is 4.26. The van der Waals surface area contributed by atoms with Crippen molar-refractivity contribution in [3.05, 3.63) is 29.4 Å². The summed E-state index contributed by atoms with van der Waals surface area (Å²) >= 11 is 0. The lowest BCUT2D eigenvalue weighted by Crippen LogP contribution is -2.39. The van der Waals surface area contributed by atoms with Crippen LogP contribution in [0.2, 0.25) is 0 Å². The van der Waals surface area contributed by atoms with Crippen LogP contribution >= 0.6 is 0 Å². The first kappa shape index (κ1) is 16.7. The Bertz CT molecular complexity index is 839. The molecule has 1 fully saturated rings. The molecule has 0 aromatic carbocycles. The van der Waals surface area contributed by atoms with E-state index in [1.54, 1.807) is 11.0 Å². The van der Waals surface area contributed by atoms with Crippen LogP contribution in [0.3, 0.4) is 0 Å². The van der Waals surface area contributed by atoms with E-state index < -0.39 is 9.84 Å². The van der Waals surface area contributed by atoms with Crippen LogP contribution in [0, 0.1) is 0 Å². The number of nitrogens with zero attached hydrogens (tertiary/aromatic N) is 3. The number of aromatic nitrogens is 3. The Labute approximate surface area is 140 Å². The van der Waals surface area contributed by atoms with Gasteiger partial charge in [0.1, 0.15) is 10.7 Å². The van der Waals surface area contributed by atoms with Crippen LogP contribution in [-0.4, -0.2) is 47.4 Å². The maximum atomic E-state index is 12.8. The van der Waals surface area contributed by atoms with Gasteiger partial charge in [0, 0.05) is 25.3 Å². The molecule has 9 heteroatoms. The number of carbonyl (C=O) groups excluding carboxylic acids is 1. The zero-order valence-electron chi connectivity index (χ0n) is 13.7. The first-order chi connectivity index (χ1) is 11.4. The van der Waals surface area contributed by atoms with Gasteiger partial charge >= 0.3 is 0 Å². The monoisotopic (exact) mass is 352 g/mol. The lowest BCUT2D eigenvalue weighted by Gasteiger charge is -2.34. The Morgan fingerprint density at radius 2 is 2.25 bits per heavy atom. The highest BCUT2D eigenvalue weighted by atomic mass is 32.2. The van der Waals surface area contributed by atoms with Crippen LogP contribution in [0.25, 0.3) is 0 Å². The van der Waals surface area contributed by atoms with Crippen molar-refractivity contribution in [2.45, 2.75) is 43.5 Å². The van der Waals surface area contributed by atoms with Crippen molar-refractivity contribution in [3.8, 4) is 0 Å². The van der Waals surface area contributed by atoms with Crippen LogP contribution in [-0.2, 0) is 16.3 Å². The third kappa shape index (κ3) is 3.08. The van der Waals surface area contributed by atoms with Crippen LogP contribution in [0.4, 0.5) is 0 Å². The van der Waals surface area contributed by atoms with Gasteiger partial charge in [-0.2, -0.15) is 5.10 Å². The van der Waals surface area contributed by atoms with Crippen molar-refractivity contribution in [1.29, 1.82) is 0 Å². The number of carbonyl (C=O) groups is 1. The molecule has 1 N–H and O–H groups in total. The van der Waals surface area contributed by atoms with E-state index in [1.165, 1.54) is 6.20 Å². The van der Waals surface area contributed by atoms with E-state index >= 15 is 0 Å². The van der Waals surface area contributed by atoms with Gasteiger partial charge < -0.3 is 9.42 Å². The van der Waals surface area contributed by atoms with Gasteiger partial charge in [-0.15, -0.1) is 0 Å². The molecule has 1 aliphatic rings. The maximum absolute atomic E-state index is 12.8. The maximum Gasteiger partial charge on any atom is 0.276 e. The van der Waals surface area contributed by atoms with Crippen molar-refractivity contribution < 1.29 is 17.7 Å². The van der Waals surface area contributed by atoms with Gasteiger partial charge in [0.15, 0.2) is 15.5 Å². The largest absolute Gasteiger partial charge is 0.361 e. The van der Waals surface area contributed by atoms with E-state index in [2.05, 4.69) is 15.4 Å². The molecule has 0 unspecified atom stereocenters. The summed E-state index contributed by atoms with van der Waals surface area (Å²) in [4.78, 5) is 14.6. The number of amides is 1. The van der Waals surface area contributed by atoms with Gasteiger partial charge in [-0.1, -0.05) is 12.1 Å². The summed E-state index contributed by atoms with van der Waals surface area (Å²) in [6.07, 6.45) is 5.55. The molecule has 0 aliphatic carbocycles. The zero-order chi connectivity index (χ0) is 17.3. The summed E-state index contributed by atoms with van der Waals surface area (Å²) in [5.41, 5.74) is 0.712. The lowest BCUT2D eigenvalue weighted by molar-refractivity contribution is 0.0591. The first-order valence-corrected chi connectivity index (χ1v) is 9.80. The molecule has 24 heavy (non-hydrogen) atoms. The summed E-state index contributed by atoms with van der Waals surface area (Å²) in [7, 11) is -3.42. The Hall–Kier alpha value is -2.16. The number of rotatable bonds is 4. The second kappa shape index (κ2) is 6.39. The highest BCUT2D eigenvalue weighted by Gasteiger charge is 2.34. The van der Waals surface area contributed by atoms with Crippen molar-refractivity contribution in [2.24, 2.45) is 0 Å². The number of aryl methyl sites for hydroxylation is 1. The molecule has 130 valence electrons. The first-order valence-electron chi connectivity index (χ1n) is 7.91. The third-order valence-corrected chi connectivity index (χ3v) is 5.38. The minimum atomic E-state index is -3.42. The molecule has 0 saturated carbocycles. The van der Waals surface area contributed by atoms with E-state index in [-0.39, 0.29) is 22.5 Å². The van der Waals surface area contributed by atoms with Crippen molar-refractivity contribution in [2.75, 3.05) is 12.8 Å². The Morgan fingerprint density at radius 3 is 2.92 bits per heavy atom. The fourth-order valence-electron chi connectivity index (χ4n) is 3.02. The number of sulfone groups is 1. The molecule has 2 aromatic rings. The summed E-state index contributed by atoms with van der Waals surface area (Å²) < 4.78 is 29.0. The fourth-order valence-corrected chi connectivity index (χ4v) is 3.85. The predicted octanol–water partition coefficient (Wildman–Crippen LogP) is 1.73. The molecule has 1 amide bonds. The molecule has 0 spiro atoms. The Morgan fingerprint density at radius 1 is 1.46 bits per heavy atom. The van der Waals surface area contributed by atoms with Crippen molar-refractivity contribution in [1.82, 2.24) is 20.3 Å². The Kier molecular flexibility index (Phi) is 4.44. The zero-order valence-corrected chi connectivity index (χ0v) is 14.5. The number of likely N-dealkylation sites (tertiary alicyclic amines) is 1. The molecule has 1 saturated heterocycles. The molecule has 2 aromatic heterocycles. The lowest BCUT2D eigenvalue weighted by atomic mass is 9.99. The minimum Gasteiger partial charge on any atom is -0.361 e. The van der Waals surface area contributed by atoms with Gasteiger partial charge in [-0.05, 0) is 19.3 Å². The van der Waals surface area contributed by atoms with Gasteiger partial charge in [0.05, 0.1) is 17.9 Å². The highest BCUT2D eigenvalue weighted by Crippen LogP contribution is 2.34. The molecule has 1 aliphatic heterocycles. The SMILES string of the molecule is CCc1cc(C(=O)N2CCCC[C@H]2c2[nH]ncc2S(C)(=O)=O)no1. The van der Waals surface area contributed by atoms with E-state index in [0.717, 1.165) is 19.1 Å². The van der Waals surface area contributed by atoms with Crippen molar-refractivity contribution >= 4 is 15.7 Å². The van der Waals surface area contributed by atoms with E-state index in [0.29, 0.717) is 30.8 Å².